The van der Waals surface area contributed by atoms with Crippen molar-refractivity contribution in [1.82, 2.24) is 19.6 Å². The van der Waals surface area contributed by atoms with E-state index in [1.807, 2.05) is 19.9 Å². The maximum Gasteiger partial charge on any atom is 0.254 e. The molecule has 20 heavy (non-hydrogen) atoms. The Balaban J connectivity index is 1.81. The van der Waals surface area contributed by atoms with Crippen LogP contribution in [0, 0.1) is 19.7 Å². The SMILES string of the molecule is Cc1cc(C)n2nc(NCc3ccc(F)cc3)nc2n1. The highest BCUT2D eigenvalue weighted by Gasteiger charge is 2.07. The molecule has 0 atom stereocenters. The van der Waals surface area contributed by atoms with Crippen LogP contribution < -0.4 is 5.32 Å². The van der Waals surface area contributed by atoms with Gasteiger partial charge in [0.2, 0.25) is 5.95 Å². The van der Waals surface area contributed by atoms with Crippen LogP contribution in [-0.4, -0.2) is 19.6 Å². The molecule has 102 valence electrons. The van der Waals surface area contributed by atoms with Gasteiger partial charge in [0.05, 0.1) is 0 Å². The Kier molecular flexibility index (Phi) is 3.06. The first-order valence-corrected chi connectivity index (χ1v) is 6.31. The highest BCUT2D eigenvalue weighted by Crippen LogP contribution is 2.10. The van der Waals surface area contributed by atoms with Crippen molar-refractivity contribution in [3.8, 4) is 0 Å². The summed E-state index contributed by atoms with van der Waals surface area (Å²) in [7, 11) is 0. The molecule has 0 aliphatic heterocycles. The first kappa shape index (κ1) is 12.5. The van der Waals surface area contributed by atoms with E-state index in [2.05, 4.69) is 20.4 Å². The number of rotatable bonds is 3. The lowest BCUT2D eigenvalue weighted by atomic mass is 10.2. The molecule has 0 amide bonds. The van der Waals surface area contributed by atoms with Crippen LogP contribution >= 0.6 is 0 Å². The Morgan fingerprint density at radius 3 is 2.65 bits per heavy atom. The first-order valence-electron chi connectivity index (χ1n) is 6.31. The third-order valence-corrected chi connectivity index (χ3v) is 2.98. The molecule has 0 radical (unpaired) electrons. The molecule has 2 heterocycles. The number of anilines is 1. The van der Waals surface area contributed by atoms with Gasteiger partial charge in [-0.25, -0.2) is 9.37 Å². The molecule has 0 unspecified atom stereocenters. The minimum absolute atomic E-state index is 0.241. The van der Waals surface area contributed by atoms with Crippen LogP contribution in [0.25, 0.3) is 5.78 Å². The van der Waals surface area contributed by atoms with Crippen molar-refractivity contribution in [3.63, 3.8) is 0 Å². The summed E-state index contributed by atoms with van der Waals surface area (Å²) in [6.07, 6.45) is 0. The molecule has 5 nitrogen and oxygen atoms in total. The van der Waals surface area contributed by atoms with E-state index in [9.17, 15) is 4.39 Å². The largest absolute Gasteiger partial charge is 0.349 e. The van der Waals surface area contributed by atoms with Crippen molar-refractivity contribution in [2.75, 3.05) is 5.32 Å². The highest BCUT2D eigenvalue weighted by molar-refractivity contribution is 5.39. The van der Waals surface area contributed by atoms with Gasteiger partial charge in [-0.05, 0) is 37.6 Å². The van der Waals surface area contributed by atoms with E-state index in [1.165, 1.54) is 12.1 Å². The van der Waals surface area contributed by atoms with Gasteiger partial charge in [-0.2, -0.15) is 9.50 Å². The molecule has 1 aromatic carbocycles. The average molecular weight is 271 g/mol. The van der Waals surface area contributed by atoms with Gasteiger partial charge in [-0.3, -0.25) is 0 Å². The zero-order valence-corrected chi connectivity index (χ0v) is 11.3. The molecule has 3 aromatic rings. The van der Waals surface area contributed by atoms with Crippen molar-refractivity contribution in [2.24, 2.45) is 0 Å². The number of hydrogen-bond donors (Lipinski definition) is 1. The van der Waals surface area contributed by atoms with Crippen molar-refractivity contribution < 1.29 is 4.39 Å². The Hall–Kier alpha value is -2.50. The molecule has 2 aromatic heterocycles. The molecule has 0 aliphatic rings. The number of nitrogens with zero attached hydrogens (tertiary/aromatic N) is 4. The second-order valence-electron chi connectivity index (χ2n) is 4.67. The first-order chi connectivity index (χ1) is 9.61. The summed E-state index contributed by atoms with van der Waals surface area (Å²) in [4.78, 5) is 8.65. The number of halogens is 1. The number of nitrogens with one attached hydrogen (secondary N) is 1. The minimum Gasteiger partial charge on any atom is -0.349 e. The van der Waals surface area contributed by atoms with E-state index < -0.39 is 0 Å². The van der Waals surface area contributed by atoms with Gasteiger partial charge >= 0.3 is 0 Å². The summed E-state index contributed by atoms with van der Waals surface area (Å²) in [5, 5.41) is 7.45. The normalized spacial score (nSPS) is 10.9. The van der Waals surface area contributed by atoms with Gasteiger partial charge in [-0.1, -0.05) is 12.1 Å². The van der Waals surface area contributed by atoms with Crippen molar-refractivity contribution in [2.45, 2.75) is 20.4 Å². The molecule has 6 heteroatoms. The second kappa shape index (κ2) is 4.88. The lowest BCUT2D eigenvalue weighted by Gasteiger charge is -2.01. The van der Waals surface area contributed by atoms with Crippen LogP contribution in [0.4, 0.5) is 10.3 Å². The van der Waals surface area contributed by atoms with Crippen LogP contribution in [0.3, 0.4) is 0 Å². The van der Waals surface area contributed by atoms with E-state index in [-0.39, 0.29) is 5.82 Å². The fourth-order valence-electron chi connectivity index (χ4n) is 2.02. The van der Waals surface area contributed by atoms with Crippen molar-refractivity contribution in [3.05, 3.63) is 53.1 Å². The molecule has 0 aliphatic carbocycles. The number of aromatic nitrogens is 4. The van der Waals surface area contributed by atoms with E-state index in [4.69, 9.17) is 0 Å². The Labute approximate surface area is 115 Å². The number of fused-ring (bicyclic) bond motifs is 1. The quantitative estimate of drug-likeness (QED) is 0.795. The smallest absolute Gasteiger partial charge is 0.254 e. The molecular formula is C14H14FN5. The number of benzene rings is 1. The summed E-state index contributed by atoms with van der Waals surface area (Å²) >= 11 is 0. The Morgan fingerprint density at radius 2 is 1.90 bits per heavy atom. The Bertz CT molecular complexity index is 748. The fraction of sp³-hybridized carbons (Fsp3) is 0.214. The highest BCUT2D eigenvalue weighted by atomic mass is 19.1. The lowest BCUT2D eigenvalue weighted by molar-refractivity contribution is 0.627. The molecule has 1 N–H and O–H groups in total. The molecule has 0 spiro atoms. The Morgan fingerprint density at radius 1 is 1.15 bits per heavy atom. The number of aryl methyl sites for hydroxylation is 2. The van der Waals surface area contributed by atoms with Crippen LogP contribution in [0.1, 0.15) is 17.0 Å². The fourth-order valence-corrected chi connectivity index (χ4v) is 2.02. The molecule has 0 saturated heterocycles. The lowest BCUT2D eigenvalue weighted by Crippen LogP contribution is -2.01. The summed E-state index contributed by atoms with van der Waals surface area (Å²) in [5.74, 6) is 0.842. The zero-order chi connectivity index (χ0) is 14.1. The molecule has 0 saturated carbocycles. The average Bonchev–Trinajstić information content (AvgIpc) is 2.81. The van der Waals surface area contributed by atoms with E-state index in [0.29, 0.717) is 18.3 Å². The monoisotopic (exact) mass is 271 g/mol. The predicted molar refractivity (Wildman–Crippen MR) is 74.0 cm³/mol. The summed E-state index contributed by atoms with van der Waals surface area (Å²) in [6, 6.07) is 8.27. The molecular weight excluding hydrogens is 257 g/mol. The summed E-state index contributed by atoms with van der Waals surface area (Å²) in [6.45, 7) is 4.42. The summed E-state index contributed by atoms with van der Waals surface area (Å²) in [5.41, 5.74) is 2.86. The second-order valence-corrected chi connectivity index (χ2v) is 4.67. The van der Waals surface area contributed by atoms with Gasteiger partial charge in [0.25, 0.3) is 5.78 Å². The maximum absolute atomic E-state index is 12.8. The predicted octanol–water partition coefficient (Wildman–Crippen LogP) is 2.49. The minimum atomic E-state index is -0.241. The van der Waals surface area contributed by atoms with E-state index in [1.54, 1.807) is 16.6 Å². The van der Waals surface area contributed by atoms with Crippen molar-refractivity contribution in [1.29, 1.82) is 0 Å². The van der Waals surface area contributed by atoms with Crippen LogP contribution in [0.2, 0.25) is 0 Å². The van der Waals surface area contributed by atoms with Crippen molar-refractivity contribution >= 4 is 11.7 Å². The van der Waals surface area contributed by atoms with Gasteiger partial charge in [0.1, 0.15) is 5.82 Å². The standard InChI is InChI=1S/C14H14FN5/c1-9-7-10(2)20-14(17-9)18-13(19-20)16-8-11-3-5-12(15)6-4-11/h3-7H,8H2,1-2H3,(H,16,19). The molecule has 0 fully saturated rings. The maximum atomic E-state index is 12.8. The van der Waals surface area contributed by atoms with Gasteiger partial charge in [0, 0.05) is 17.9 Å². The van der Waals surface area contributed by atoms with Gasteiger partial charge < -0.3 is 5.32 Å². The third kappa shape index (κ3) is 2.45. The third-order valence-electron chi connectivity index (χ3n) is 2.98. The molecule has 3 rings (SSSR count). The van der Waals surface area contributed by atoms with Gasteiger partial charge in [0.15, 0.2) is 0 Å². The topological polar surface area (TPSA) is 55.1 Å². The van der Waals surface area contributed by atoms with Crippen LogP contribution in [0.15, 0.2) is 30.3 Å². The van der Waals surface area contributed by atoms with Gasteiger partial charge in [-0.15, -0.1) is 5.10 Å². The molecule has 0 bridgehead atoms. The summed E-state index contributed by atoms with van der Waals surface area (Å²) < 4.78 is 14.5. The zero-order valence-electron chi connectivity index (χ0n) is 11.3. The van der Waals surface area contributed by atoms with Crippen LogP contribution in [0.5, 0.6) is 0 Å². The van der Waals surface area contributed by atoms with E-state index >= 15 is 0 Å². The number of hydrogen-bond acceptors (Lipinski definition) is 4. The van der Waals surface area contributed by atoms with Crippen LogP contribution in [-0.2, 0) is 6.54 Å². The van der Waals surface area contributed by atoms with E-state index in [0.717, 1.165) is 17.0 Å².